The minimum atomic E-state index is -0.643. The molecule has 0 aromatic carbocycles. The Morgan fingerprint density at radius 1 is 1.14 bits per heavy atom. The standard InChI is InChI=1S/C17H28N2O2/c1-12-15(20)18-17(2,14-8-9-14)16(21)19(12)11-10-13-6-4-3-5-7-13/h12-14H,3-11H2,1-2H3,(H,18,20). The quantitative estimate of drug-likeness (QED) is 0.865. The molecule has 0 aromatic heterocycles. The molecule has 0 spiro atoms. The van der Waals surface area contributed by atoms with Crippen LogP contribution in [-0.2, 0) is 9.59 Å². The molecule has 4 heteroatoms. The van der Waals surface area contributed by atoms with Crippen molar-refractivity contribution in [2.24, 2.45) is 11.8 Å². The molecule has 1 heterocycles. The SMILES string of the molecule is CC1C(=O)NC(C)(C2CC2)C(=O)N1CCC1CCCCC1. The van der Waals surface area contributed by atoms with E-state index < -0.39 is 5.54 Å². The average Bonchev–Trinajstić information content (AvgIpc) is 3.31. The molecule has 21 heavy (non-hydrogen) atoms. The summed E-state index contributed by atoms with van der Waals surface area (Å²) in [5.41, 5.74) is -0.643. The largest absolute Gasteiger partial charge is 0.340 e. The Labute approximate surface area is 127 Å². The molecule has 2 unspecified atom stereocenters. The molecule has 2 amide bonds. The number of piperazine rings is 1. The van der Waals surface area contributed by atoms with Gasteiger partial charge < -0.3 is 10.2 Å². The van der Waals surface area contributed by atoms with Gasteiger partial charge >= 0.3 is 0 Å². The van der Waals surface area contributed by atoms with Crippen molar-refractivity contribution in [3.05, 3.63) is 0 Å². The lowest BCUT2D eigenvalue weighted by molar-refractivity contribution is -0.154. The second kappa shape index (κ2) is 5.62. The number of hydrogen-bond donors (Lipinski definition) is 1. The highest BCUT2D eigenvalue weighted by Gasteiger charge is 2.54. The summed E-state index contributed by atoms with van der Waals surface area (Å²) in [7, 11) is 0. The number of nitrogens with one attached hydrogen (secondary N) is 1. The summed E-state index contributed by atoms with van der Waals surface area (Å²) >= 11 is 0. The summed E-state index contributed by atoms with van der Waals surface area (Å²) in [6, 6.07) is -0.312. The molecule has 3 rings (SSSR count). The molecular formula is C17H28N2O2. The van der Waals surface area contributed by atoms with E-state index in [-0.39, 0.29) is 17.9 Å². The Morgan fingerprint density at radius 3 is 2.43 bits per heavy atom. The van der Waals surface area contributed by atoms with Gasteiger partial charge in [0.2, 0.25) is 11.8 Å². The van der Waals surface area contributed by atoms with Crippen LogP contribution in [-0.4, -0.2) is 34.8 Å². The van der Waals surface area contributed by atoms with Crippen LogP contribution in [0.15, 0.2) is 0 Å². The van der Waals surface area contributed by atoms with Crippen molar-refractivity contribution in [2.75, 3.05) is 6.54 Å². The Balaban J connectivity index is 1.66. The second-order valence-corrected chi connectivity index (χ2v) is 7.43. The zero-order valence-electron chi connectivity index (χ0n) is 13.4. The van der Waals surface area contributed by atoms with Gasteiger partial charge in [-0.15, -0.1) is 0 Å². The van der Waals surface area contributed by atoms with Crippen molar-refractivity contribution >= 4 is 11.8 Å². The molecule has 0 aromatic rings. The predicted octanol–water partition coefficient (Wildman–Crippen LogP) is 2.47. The van der Waals surface area contributed by atoms with E-state index in [9.17, 15) is 9.59 Å². The number of carbonyl (C=O) groups is 2. The van der Waals surface area contributed by atoms with Gasteiger partial charge in [-0.25, -0.2) is 0 Å². The molecule has 2 atom stereocenters. The minimum absolute atomic E-state index is 0.0210. The van der Waals surface area contributed by atoms with Crippen LogP contribution in [0.5, 0.6) is 0 Å². The first kappa shape index (κ1) is 14.9. The maximum Gasteiger partial charge on any atom is 0.248 e. The third kappa shape index (κ3) is 2.82. The number of nitrogens with zero attached hydrogens (tertiary/aromatic N) is 1. The lowest BCUT2D eigenvalue weighted by Crippen LogP contribution is -2.69. The molecule has 1 saturated heterocycles. The van der Waals surface area contributed by atoms with Gasteiger partial charge in [-0.05, 0) is 44.9 Å². The van der Waals surface area contributed by atoms with E-state index in [0.29, 0.717) is 5.92 Å². The summed E-state index contributed by atoms with van der Waals surface area (Å²) < 4.78 is 0. The Bertz CT molecular complexity index is 427. The van der Waals surface area contributed by atoms with Gasteiger partial charge in [0.05, 0.1) is 0 Å². The van der Waals surface area contributed by atoms with E-state index in [1.807, 2.05) is 18.7 Å². The van der Waals surface area contributed by atoms with E-state index >= 15 is 0 Å². The van der Waals surface area contributed by atoms with Crippen molar-refractivity contribution in [1.82, 2.24) is 10.2 Å². The lowest BCUT2D eigenvalue weighted by Gasteiger charge is -2.44. The number of carbonyl (C=O) groups excluding carboxylic acids is 2. The van der Waals surface area contributed by atoms with Gasteiger partial charge in [0.1, 0.15) is 11.6 Å². The summed E-state index contributed by atoms with van der Waals surface area (Å²) in [5.74, 6) is 1.26. The molecule has 1 N–H and O–H groups in total. The van der Waals surface area contributed by atoms with Gasteiger partial charge in [-0.1, -0.05) is 32.1 Å². The van der Waals surface area contributed by atoms with E-state index in [1.165, 1.54) is 32.1 Å². The van der Waals surface area contributed by atoms with E-state index in [4.69, 9.17) is 0 Å². The number of rotatable bonds is 4. The monoisotopic (exact) mass is 292 g/mol. The van der Waals surface area contributed by atoms with E-state index in [2.05, 4.69) is 5.32 Å². The predicted molar refractivity (Wildman–Crippen MR) is 81.6 cm³/mol. The highest BCUT2D eigenvalue weighted by atomic mass is 16.2. The van der Waals surface area contributed by atoms with Gasteiger partial charge in [0.25, 0.3) is 0 Å². The van der Waals surface area contributed by atoms with E-state index in [1.54, 1.807) is 0 Å². The van der Waals surface area contributed by atoms with Gasteiger partial charge in [-0.2, -0.15) is 0 Å². The van der Waals surface area contributed by atoms with Crippen molar-refractivity contribution in [3.63, 3.8) is 0 Å². The van der Waals surface area contributed by atoms with Gasteiger partial charge in [0, 0.05) is 6.54 Å². The summed E-state index contributed by atoms with van der Waals surface area (Å²) in [6.45, 7) is 4.53. The fraction of sp³-hybridized carbons (Fsp3) is 0.882. The molecule has 2 saturated carbocycles. The lowest BCUT2D eigenvalue weighted by atomic mass is 9.85. The topological polar surface area (TPSA) is 49.4 Å². The molecular weight excluding hydrogens is 264 g/mol. The molecule has 1 aliphatic heterocycles. The van der Waals surface area contributed by atoms with Gasteiger partial charge in [-0.3, -0.25) is 9.59 Å². The first-order valence-corrected chi connectivity index (χ1v) is 8.65. The van der Waals surface area contributed by atoms with Crippen LogP contribution in [0, 0.1) is 11.8 Å². The van der Waals surface area contributed by atoms with Crippen LogP contribution < -0.4 is 5.32 Å². The molecule has 3 fully saturated rings. The molecule has 4 nitrogen and oxygen atoms in total. The van der Waals surface area contributed by atoms with Crippen LogP contribution in [0.25, 0.3) is 0 Å². The molecule has 118 valence electrons. The minimum Gasteiger partial charge on any atom is -0.340 e. The molecule has 3 aliphatic rings. The van der Waals surface area contributed by atoms with Crippen LogP contribution in [0.3, 0.4) is 0 Å². The first-order chi connectivity index (χ1) is 10.0. The van der Waals surface area contributed by atoms with Crippen LogP contribution in [0.2, 0.25) is 0 Å². The second-order valence-electron chi connectivity index (χ2n) is 7.43. The smallest absolute Gasteiger partial charge is 0.248 e. The third-order valence-corrected chi connectivity index (χ3v) is 5.83. The van der Waals surface area contributed by atoms with Crippen LogP contribution in [0.1, 0.15) is 65.2 Å². The number of hydrogen-bond acceptors (Lipinski definition) is 2. The zero-order valence-corrected chi connectivity index (χ0v) is 13.4. The van der Waals surface area contributed by atoms with Crippen molar-refractivity contribution < 1.29 is 9.59 Å². The van der Waals surface area contributed by atoms with Crippen LogP contribution >= 0.6 is 0 Å². The van der Waals surface area contributed by atoms with E-state index in [0.717, 1.165) is 31.7 Å². The Hall–Kier alpha value is -1.06. The maximum atomic E-state index is 12.9. The first-order valence-electron chi connectivity index (χ1n) is 8.65. The average molecular weight is 292 g/mol. The third-order valence-electron chi connectivity index (χ3n) is 5.83. The van der Waals surface area contributed by atoms with Gasteiger partial charge in [0.15, 0.2) is 0 Å². The summed E-state index contributed by atoms with van der Waals surface area (Å²) in [5, 5.41) is 2.99. The number of amides is 2. The highest BCUT2D eigenvalue weighted by molar-refractivity contribution is 5.99. The zero-order chi connectivity index (χ0) is 15.0. The fourth-order valence-electron chi connectivity index (χ4n) is 4.06. The summed E-state index contributed by atoms with van der Waals surface area (Å²) in [4.78, 5) is 27.0. The fourth-order valence-corrected chi connectivity index (χ4v) is 4.06. The van der Waals surface area contributed by atoms with Crippen molar-refractivity contribution in [3.8, 4) is 0 Å². The highest BCUT2D eigenvalue weighted by Crippen LogP contribution is 2.42. The van der Waals surface area contributed by atoms with Crippen molar-refractivity contribution in [1.29, 1.82) is 0 Å². The van der Waals surface area contributed by atoms with Crippen LogP contribution in [0.4, 0.5) is 0 Å². The molecule has 0 bridgehead atoms. The summed E-state index contributed by atoms with van der Waals surface area (Å²) in [6.07, 6.45) is 9.79. The normalized spacial score (nSPS) is 35.0. The Morgan fingerprint density at radius 2 is 1.81 bits per heavy atom. The maximum absolute atomic E-state index is 12.9. The molecule has 0 radical (unpaired) electrons. The molecule has 2 aliphatic carbocycles. The van der Waals surface area contributed by atoms with Crippen molar-refractivity contribution in [2.45, 2.75) is 76.8 Å². The Kier molecular flexibility index (Phi) is 3.98.